The summed E-state index contributed by atoms with van der Waals surface area (Å²) in [6.07, 6.45) is 6.30. The van der Waals surface area contributed by atoms with Gasteiger partial charge in [-0.2, -0.15) is 0 Å². The Morgan fingerprint density at radius 1 is 1.40 bits per heavy atom. The van der Waals surface area contributed by atoms with Crippen LogP contribution in [0.3, 0.4) is 0 Å². The monoisotopic (exact) mass is 268 g/mol. The summed E-state index contributed by atoms with van der Waals surface area (Å²) in [4.78, 5) is 16.0. The number of aromatic nitrogens is 2. The van der Waals surface area contributed by atoms with Crippen molar-refractivity contribution in [2.45, 2.75) is 6.42 Å². The number of ether oxygens (including phenoxy) is 1. The lowest BCUT2D eigenvalue weighted by Crippen LogP contribution is -2.10. The van der Waals surface area contributed by atoms with Crippen molar-refractivity contribution in [3.05, 3.63) is 59.7 Å². The molecular formula is C16H16N2O2. The second kappa shape index (κ2) is 5.33. The Morgan fingerprint density at radius 3 is 2.90 bits per heavy atom. The molecule has 102 valence electrons. The molecule has 2 aromatic rings. The van der Waals surface area contributed by atoms with E-state index in [4.69, 9.17) is 4.74 Å². The summed E-state index contributed by atoms with van der Waals surface area (Å²) in [5.41, 5.74) is 2.88. The van der Waals surface area contributed by atoms with E-state index in [1.54, 1.807) is 6.33 Å². The highest BCUT2D eigenvalue weighted by atomic mass is 16.5. The third-order valence-electron chi connectivity index (χ3n) is 3.58. The SMILES string of the molecule is Cn1cncc1CC1COC(=O)/C1=C/c1ccccc1. The molecule has 1 aliphatic heterocycles. The van der Waals surface area contributed by atoms with Gasteiger partial charge in [-0.1, -0.05) is 30.3 Å². The van der Waals surface area contributed by atoms with Crippen molar-refractivity contribution in [1.82, 2.24) is 9.55 Å². The Labute approximate surface area is 117 Å². The van der Waals surface area contributed by atoms with E-state index in [-0.39, 0.29) is 11.9 Å². The van der Waals surface area contributed by atoms with E-state index in [1.807, 2.05) is 54.2 Å². The van der Waals surface area contributed by atoms with Gasteiger partial charge in [0.15, 0.2) is 0 Å². The highest BCUT2D eigenvalue weighted by Gasteiger charge is 2.31. The van der Waals surface area contributed by atoms with Gasteiger partial charge in [0.25, 0.3) is 0 Å². The maximum Gasteiger partial charge on any atom is 0.334 e. The number of cyclic esters (lactones) is 1. The van der Waals surface area contributed by atoms with Gasteiger partial charge in [-0.15, -0.1) is 0 Å². The number of hydrogen-bond acceptors (Lipinski definition) is 3. The number of hydrogen-bond donors (Lipinski definition) is 0. The molecule has 3 rings (SSSR count). The summed E-state index contributed by atoms with van der Waals surface area (Å²) in [6.45, 7) is 0.447. The van der Waals surface area contributed by atoms with E-state index >= 15 is 0 Å². The molecule has 0 bridgehead atoms. The molecular weight excluding hydrogens is 252 g/mol. The molecule has 1 unspecified atom stereocenters. The van der Waals surface area contributed by atoms with Crippen molar-refractivity contribution in [3.8, 4) is 0 Å². The molecule has 1 aliphatic rings. The normalized spacial score (nSPS) is 20.4. The lowest BCUT2D eigenvalue weighted by Gasteiger charge is -2.08. The first kappa shape index (κ1) is 12.7. The van der Waals surface area contributed by atoms with Crippen LogP contribution in [-0.2, 0) is 23.0 Å². The first-order chi connectivity index (χ1) is 9.74. The summed E-state index contributed by atoms with van der Waals surface area (Å²) in [7, 11) is 1.96. The zero-order valence-corrected chi connectivity index (χ0v) is 11.3. The molecule has 0 saturated carbocycles. The molecule has 4 nitrogen and oxygen atoms in total. The van der Waals surface area contributed by atoms with Gasteiger partial charge in [-0.25, -0.2) is 9.78 Å². The molecule has 2 heterocycles. The van der Waals surface area contributed by atoms with E-state index in [2.05, 4.69) is 4.98 Å². The van der Waals surface area contributed by atoms with Gasteiger partial charge in [-0.05, 0) is 18.1 Å². The summed E-state index contributed by atoms with van der Waals surface area (Å²) in [6, 6.07) is 9.85. The maximum atomic E-state index is 11.9. The molecule has 1 saturated heterocycles. The van der Waals surface area contributed by atoms with Crippen LogP contribution in [0.5, 0.6) is 0 Å². The van der Waals surface area contributed by atoms with Crippen LogP contribution in [0.25, 0.3) is 6.08 Å². The van der Waals surface area contributed by atoms with Crippen LogP contribution in [0, 0.1) is 5.92 Å². The number of rotatable bonds is 3. The molecule has 1 atom stereocenters. The number of benzene rings is 1. The minimum atomic E-state index is -0.207. The molecule has 0 N–H and O–H groups in total. The van der Waals surface area contributed by atoms with Crippen LogP contribution < -0.4 is 0 Å². The highest BCUT2D eigenvalue weighted by Crippen LogP contribution is 2.27. The summed E-state index contributed by atoms with van der Waals surface area (Å²) >= 11 is 0. The third-order valence-corrected chi connectivity index (χ3v) is 3.58. The maximum absolute atomic E-state index is 11.9. The summed E-state index contributed by atoms with van der Waals surface area (Å²) in [5, 5.41) is 0. The number of imidazole rings is 1. The van der Waals surface area contributed by atoms with E-state index < -0.39 is 0 Å². The van der Waals surface area contributed by atoms with Crippen LogP contribution in [0.2, 0.25) is 0 Å². The van der Waals surface area contributed by atoms with E-state index in [0.717, 1.165) is 23.3 Å². The topological polar surface area (TPSA) is 44.1 Å². The predicted molar refractivity (Wildman–Crippen MR) is 75.8 cm³/mol. The number of nitrogens with zero attached hydrogens (tertiary/aromatic N) is 2. The van der Waals surface area contributed by atoms with Crippen molar-refractivity contribution in [1.29, 1.82) is 0 Å². The van der Waals surface area contributed by atoms with Crippen LogP contribution in [-0.4, -0.2) is 22.1 Å². The lowest BCUT2D eigenvalue weighted by molar-refractivity contribution is -0.135. The molecule has 0 radical (unpaired) electrons. The van der Waals surface area contributed by atoms with E-state index in [0.29, 0.717) is 6.61 Å². The largest absolute Gasteiger partial charge is 0.462 e. The molecule has 1 aromatic carbocycles. The number of carbonyl (C=O) groups excluding carboxylic acids is 1. The van der Waals surface area contributed by atoms with Crippen molar-refractivity contribution in [2.75, 3.05) is 6.61 Å². The minimum Gasteiger partial charge on any atom is -0.462 e. The number of esters is 1. The van der Waals surface area contributed by atoms with Crippen molar-refractivity contribution >= 4 is 12.0 Å². The second-order valence-corrected chi connectivity index (χ2v) is 5.01. The van der Waals surface area contributed by atoms with Gasteiger partial charge >= 0.3 is 5.97 Å². The van der Waals surface area contributed by atoms with Crippen LogP contribution in [0.1, 0.15) is 11.3 Å². The minimum absolute atomic E-state index is 0.0955. The zero-order valence-electron chi connectivity index (χ0n) is 11.3. The quantitative estimate of drug-likeness (QED) is 0.633. The zero-order chi connectivity index (χ0) is 13.9. The fraction of sp³-hybridized carbons (Fsp3) is 0.250. The molecule has 1 aromatic heterocycles. The van der Waals surface area contributed by atoms with Gasteiger partial charge < -0.3 is 9.30 Å². The highest BCUT2D eigenvalue weighted by molar-refractivity contribution is 5.96. The van der Waals surface area contributed by atoms with E-state index in [9.17, 15) is 4.79 Å². The smallest absolute Gasteiger partial charge is 0.334 e. The fourth-order valence-electron chi connectivity index (χ4n) is 2.42. The third kappa shape index (κ3) is 2.50. The standard InChI is InChI=1S/C16H16N2O2/c1-18-11-17-9-14(18)8-13-10-20-16(19)15(13)7-12-5-3-2-4-6-12/h2-7,9,11,13H,8,10H2,1H3/b15-7+. The van der Waals surface area contributed by atoms with Gasteiger partial charge in [0.1, 0.15) is 0 Å². The number of aryl methyl sites for hydroxylation is 1. The Hall–Kier alpha value is -2.36. The molecule has 0 aliphatic carbocycles. The Morgan fingerprint density at radius 2 is 2.20 bits per heavy atom. The van der Waals surface area contributed by atoms with Crippen LogP contribution in [0.4, 0.5) is 0 Å². The number of carbonyl (C=O) groups is 1. The first-order valence-electron chi connectivity index (χ1n) is 6.63. The second-order valence-electron chi connectivity index (χ2n) is 5.01. The predicted octanol–water partition coefficient (Wildman–Crippen LogP) is 2.22. The van der Waals surface area contributed by atoms with Gasteiger partial charge in [0, 0.05) is 30.4 Å². The van der Waals surface area contributed by atoms with Crippen LogP contribution in [0.15, 0.2) is 48.4 Å². The lowest BCUT2D eigenvalue weighted by atomic mass is 9.95. The average Bonchev–Trinajstić information content (AvgIpc) is 3.01. The molecule has 0 spiro atoms. The fourth-order valence-corrected chi connectivity index (χ4v) is 2.42. The molecule has 0 amide bonds. The Balaban J connectivity index is 1.86. The van der Waals surface area contributed by atoms with E-state index in [1.165, 1.54) is 0 Å². The van der Waals surface area contributed by atoms with Crippen molar-refractivity contribution in [3.63, 3.8) is 0 Å². The summed E-state index contributed by atoms with van der Waals surface area (Å²) in [5.74, 6) is -0.112. The Kier molecular flexibility index (Phi) is 3.37. The average molecular weight is 268 g/mol. The van der Waals surface area contributed by atoms with Gasteiger partial charge in [0.05, 0.1) is 12.9 Å². The van der Waals surface area contributed by atoms with Crippen LogP contribution >= 0.6 is 0 Å². The van der Waals surface area contributed by atoms with Gasteiger partial charge in [-0.3, -0.25) is 0 Å². The Bertz CT molecular complexity index is 644. The molecule has 4 heteroatoms. The van der Waals surface area contributed by atoms with Crippen molar-refractivity contribution in [2.24, 2.45) is 13.0 Å². The van der Waals surface area contributed by atoms with Gasteiger partial charge in [0.2, 0.25) is 0 Å². The molecule has 20 heavy (non-hydrogen) atoms. The summed E-state index contributed by atoms with van der Waals surface area (Å²) < 4.78 is 7.18. The first-order valence-corrected chi connectivity index (χ1v) is 6.63. The molecule has 1 fully saturated rings. The van der Waals surface area contributed by atoms with Crippen molar-refractivity contribution < 1.29 is 9.53 Å².